The topological polar surface area (TPSA) is 86.0 Å². The second-order valence-corrected chi connectivity index (χ2v) is 5.67. The molecule has 1 fully saturated rings. The third-order valence-electron chi connectivity index (χ3n) is 4.21. The molecule has 0 aromatic carbocycles. The number of amides is 1. The molecule has 24 heavy (non-hydrogen) atoms. The highest BCUT2D eigenvalue weighted by molar-refractivity contribution is 5.96. The van der Waals surface area contributed by atoms with Crippen molar-refractivity contribution >= 4 is 24.0 Å². The van der Waals surface area contributed by atoms with Gasteiger partial charge in [0.1, 0.15) is 5.54 Å². The van der Waals surface area contributed by atoms with Gasteiger partial charge in [-0.05, 0) is 32.0 Å². The van der Waals surface area contributed by atoms with Crippen molar-refractivity contribution in [2.75, 3.05) is 32.1 Å². The third kappa shape index (κ3) is 3.77. The molecule has 0 radical (unpaired) electrons. The van der Waals surface area contributed by atoms with Crippen LogP contribution in [0.2, 0.25) is 0 Å². The zero-order valence-electron chi connectivity index (χ0n) is 13.6. The van der Waals surface area contributed by atoms with Gasteiger partial charge in [0.2, 0.25) is 0 Å². The Morgan fingerprint density at radius 3 is 2.88 bits per heavy atom. The number of hydrogen-bond donors (Lipinski definition) is 2. The van der Waals surface area contributed by atoms with Crippen molar-refractivity contribution in [3.8, 4) is 0 Å². The van der Waals surface area contributed by atoms with Gasteiger partial charge in [0, 0.05) is 25.7 Å². The molecule has 1 amide bonds. The van der Waals surface area contributed by atoms with Crippen LogP contribution in [0.25, 0.3) is 0 Å². The first-order chi connectivity index (χ1) is 11.2. The van der Waals surface area contributed by atoms with Crippen LogP contribution in [0.4, 0.5) is 5.69 Å². The molecule has 3 rings (SSSR count). The van der Waals surface area contributed by atoms with E-state index >= 15 is 0 Å². The van der Waals surface area contributed by atoms with Crippen LogP contribution < -0.4 is 10.6 Å². The minimum atomic E-state index is -0.649. The Balaban J connectivity index is 0.00000208. The predicted octanol–water partition coefficient (Wildman–Crippen LogP) is 0.865. The lowest BCUT2D eigenvalue weighted by Gasteiger charge is -2.36. The molecule has 0 atom stereocenters. The molecule has 2 aromatic rings. The minimum Gasteiger partial charge on any atom is -0.383 e. The van der Waals surface area contributed by atoms with E-state index in [1.165, 1.54) is 0 Å². The number of carbonyl (C=O) groups is 1. The van der Waals surface area contributed by atoms with Gasteiger partial charge in [0.15, 0.2) is 0 Å². The van der Waals surface area contributed by atoms with E-state index in [0.29, 0.717) is 31.7 Å². The average molecular weight is 355 g/mol. The Morgan fingerprint density at radius 1 is 1.42 bits per heavy atom. The second kappa shape index (κ2) is 8.27. The number of halogens is 1. The van der Waals surface area contributed by atoms with E-state index in [-0.39, 0.29) is 18.3 Å². The fourth-order valence-electron chi connectivity index (χ4n) is 2.91. The smallest absolute Gasteiger partial charge is 0.252 e. The molecule has 0 bridgehead atoms. The summed E-state index contributed by atoms with van der Waals surface area (Å²) >= 11 is 0. The fraction of sp³-hybridized carbons (Fsp3) is 0.533. The van der Waals surface area contributed by atoms with Gasteiger partial charge in [-0.15, -0.1) is 12.4 Å². The molecule has 8 nitrogen and oxygen atoms in total. The Bertz CT molecular complexity index is 636. The number of nitrogens with one attached hydrogen (secondary N) is 2. The van der Waals surface area contributed by atoms with Crippen molar-refractivity contribution in [3.05, 3.63) is 30.9 Å². The van der Waals surface area contributed by atoms with Crippen LogP contribution in [-0.4, -0.2) is 52.3 Å². The van der Waals surface area contributed by atoms with Crippen LogP contribution in [-0.2, 0) is 21.6 Å². The van der Waals surface area contributed by atoms with Crippen molar-refractivity contribution in [2.24, 2.45) is 0 Å². The summed E-state index contributed by atoms with van der Waals surface area (Å²) in [6, 6.07) is 1.85. The van der Waals surface area contributed by atoms with Crippen LogP contribution >= 0.6 is 12.4 Å². The van der Waals surface area contributed by atoms with Crippen molar-refractivity contribution in [1.29, 1.82) is 0 Å². The summed E-state index contributed by atoms with van der Waals surface area (Å²) in [5.41, 5.74) is 0.0415. The summed E-state index contributed by atoms with van der Waals surface area (Å²) in [5, 5.41) is 14.8. The molecular weight excluding hydrogens is 332 g/mol. The molecule has 0 spiro atoms. The fourth-order valence-corrected chi connectivity index (χ4v) is 2.91. The van der Waals surface area contributed by atoms with Crippen LogP contribution in [0.1, 0.15) is 12.8 Å². The van der Waals surface area contributed by atoms with E-state index in [1.807, 2.05) is 18.5 Å². The number of rotatable bonds is 6. The van der Waals surface area contributed by atoms with Gasteiger partial charge >= 0.3 is 0 Å². The Morgan fingerprint density at radius 2 is 2.21 bits per heavy atom. The summed E-state index contributed by atoms with van der Waals surface area (Å²) in [6.07, 6.45) is 8.45. The lowest BCUT2D eigenvalue weighted by Crippen LogP contribution is -2.52. The number of nitrogens with zero attached hydrogens (tertiary/aromatic N) is 4. The predicted molar refractivity (Wildman–Crippen MR) is 92.3 cm³/mol. The Hall–Kier alpha value is -1.90. The Kier molecular flexibility index (Phi) is 6.36. The van der Waals surface area contributed by atoms with E-state index in [1.54, 1.807) is 28.9 Å². The van der Waals surface area contributed by atoms with Crippen molar-refractivity contribution in [3.63, 3.8) is 0 Å². The molecule has 2 N–H and O–H groups in total. The van der Waals surface area contributed by atoms with Crippen LogP contribution in [0.5, 0.6) is 0 Å². The molecule has 9 heteroatoms. The third-order valence-corrected chi connectivity index (χ3v) is 4.21. The first-order valence-corrected chi connectivity index (χ1v) is 7.78. The first kappa shape index (κ1) is 18.4. The van der Waals surface area contributed by atoms with Gasteiger partial charge in [-0.1, -0.05) is 0 Å². The first-order valence-electron chi connectivity index (χ1n) is 7.78. The highest BCUT2D eigenvalue weighted by Crippen LogP contribution is 2.28. The zero-order chi connectivity index (χ0) is 16.1. The second-order valence-electron chi connectivity index (χ2n) is 5.67. The van der Waals surface area contributed by atoms with E-state index in [2.05, 4.69) is 20.8 Å². The van der Waals surface area contributed by atoms with Crippen LogP contribution in [0, 0.1) is 0 Å². The molecule has 0 unspecified atom stereocenters. The van der Waals surface area contributed by atoms with Crippen molar-refractivity contribution in [1.82, 2.24) is 24.9 Å². The summed E-state index contributed by atoms with van der Waals surface area (Å²) < 4.78 is 8.56. The van der Waals surface area contributed by atoms with Gasteiger partial charge in [-0.25, -0.2) is 0 Å². The maximum absolute atomic E-state index is 12.9. The van der Waals surface area contributed by atoms with Gasteiger partial charge in [-0.3, -0.25) is 14.2 Å². The lowest BCUT2D eigenvalue weighted by atomic mass is 9.87. The number of ether oxygens (including phenoxy) is 1. The molecule has 3 heterocycles. The monoisotopic (exact) mass is 354 g/mol. The van der Waals surface area contributed by atoms with Crippen LogP contribution in [0.15, 0.2) is 30.9 Å². The number of aromatic nitrogens is 4. The minimum absolute atomic E-state index is 0. The highest BCUT2D eigenvalue weighted by Gasteiger charge is 2.42. The van der Waals surface area contributed by atoms with E-state index in [4.69, 9.17) is 4.74 Å². The number of anilines is 1. The van der Waals surface area contributed by atoms with E-state index in [0.717, 1.165) is 13.1 Å². The van der Waals surface area contributed by atoms with Gasteiger partial charge in [-0.2, -0.15) is 10.2 Å². The summed E-state index contributed by atoms with van der Waals surface area (Å²) in [4.78, 5) is 12.9. The summed E-state index contributed by atoms with van der Waals surface area (Å²) in [5.74, 6) is -0.0472. The number of piperidine rings is 1. The molecule has 2 aromatic heterocycles. The lowest BCUT2D eigenvalue weighted by molar-refractivity contribution is -0.126. The maximum Gasteiger partial charge on any atom is 0.252 e. The number of methoxy groups -OCH3 is 1. The molecule has 1 aliphatic heterocycles. The average Bonchev–Trinajstić information content (AvgIpc) is 3.25. The van der Waals surface area contributed by atoms with Crippen molar-refractivity contribution < 1.29 is 9.53 Å². The molecule has 0 saturated carbocycles. The number of hydrogen-bond acceptors (Lipinski definition) is 5. The maximum atomic E-state index is 12.9. The van der Waals surface area contributed by atoms with Gasteiger partial charge < -0.3 is 15.4 Å². The largest absolute Gasteiger partial charge is 0.383 e. The Labute approximate surface area is 147 Å². The SMILES string of the molecule is COCCn1cc(NC(=O)C2(n3cccn3)CCNCC2)cn1.Cl. The molecule has 1 aliphatic rings. The molecule has 132 valence electrons. The van der Waals surface area contributed by atoms with E-state index < -0.39 is 5.54 Å². The molecule has 1 saturated heterocycles. The van der Waals surface area contributed by atoms with Crippen LogP contribution in [0.3, 0.4) is 0 Å². The van der Waals surface area contributed by atoms with Crippen molar-refractivity contribution in [2.45, 2.75) is 24.9 Å². The zero-order valence-corrected chi connectivity index (χ0v) is 14.5. The van der Waals surface area contributed by atoms with Gasteiger partial charge in [0.05, 0.1) is 25.0 Å². The molecule has 0 aliphatic carbocycles. The van der Waals surface area contributed by atoms with E-state index in [9.17, 15) is 4.79 Å². The standard InChI is InChI=1S/C15H22N6O2.ClH/c1-23-10-9-20-12-13(11-18-20)19-14(22)15(3-6-16-7-4-15)21-8-2-5-17-21;/h2,5,8,11-12,16H,3-4,6-7,9-10H2,1H3,(H,19,22);1H. The van der Waals surface area contributed by atoms with Gasteiger partial charge in [0.25, 0.3) is 5.91 Å². The quantitative estimate of drug-likeness (QED) is 0.803. The number of carbonyl (C=O) groups excluding carboxylic acids is 1. The molecular formula is C15H23ClN6O2. The highest BCUT2D eigenvalue weighted by atomic mass is 35.5. The normalized spacial score (nSPS) is 16.4. The summed E-state index contributed by atoms with van der Waals surface area (Å²) in [7, 11) is 1.65. The summed E-state index contributed by atoms with van der Waals surface area (Å²) in [6.45, 7) is 2.82.